The Morgan fingerprint density at radius 1 is 0.917 bits per heavy atom. The zero-order valence-corrected chi connectivity index (χ0v) is 10.8. The van der Waals surface area contributed by atoms with Gasteiger partial charge in [0.15, 0.2) is 11.5 Å². The summed E-state index contributed by atoms with van der Waals surface area (Å²) in [7, 11) is 0. The van der Waals surface area contributed by atoms with Crippen molar-refractivity contribution in [3.05, 3.63) is 24.3 Å². The Balaban J connectivity index is 0. The van der Waals surface area contributed by atoms with Gasteiger partial charge in [0.05, 0.1) is 0 Å². The maximum Gasteiger partial charge on any atom is 2.00 e. The van der Waals surface area contributed by atoms with E-state index < -0.39 is 0 Å². The average molecular weight is 258 g/mol. The molecule has 1 aliphatic heterocycles. The van der Waals surface area contributed by atoms with Gasteiger partial charge < -0.3 is 34.3 Å². The first kappa shape index (κ1) is 14.5. The van der Waals surface area contributed by atoms with Crippen LogP contribution in [0.15, 0.2) is 24.3 Å². The van der Waals surface area contributed by atoms with E-state index >= 15 is 0 Å². The molecule has 62 valence electrons. The summed E-state index contributed by atoms with van der Waals surface area (Å²) in [6, 6.07) is 7.63. The van der Waals surface area contributed by atoms with Crippen LogP contribution in [0.4, 0.5) is 0 Å². The van der Waals surface area contributed by atoms with Gasteiger partial charge >= 0.3 is 19.5 Å². The van der Waals surface area contributed by atoms with Gasteiger partial charge in [0.25, 0.3) is 0 Å². The van der Waals surface area contributed by atoms with E-state index in [0.29, 0.717) is 6.79 Å². The summed E-state index contributed by atoms with van der Waals surface area (Å²) in [5.41, 5.74) is 0. The summed E-state index contributed by atoms with van der Waals surface area (Å²) in [4.78, 5) is 0. The molecule has 1 aliphatic rings. The Labute approximate surface area is 96.2 Å². The van der Waals surface area contributed by atoms with Crippen molar-refractivity contribution in [3.63, 3.8) is 0 Å². The molecule has 12 heavy (non-hydrogen) atoms. The van der Waals surface area contributed by atoms with Crippen LogP contribution in [0.1, 0.15) is 0 Å². The fourth-order valence-corrected chi connectivity index (χ4v) is 0.845. The number of halogens is 2. The minimum Gasteiger partial charge on any atom is -1.00 e. The molecule has 2 nitrogen and oxygen atoms in total. The fourth-order valence-electron chi connectivity index (χ4n) is 0.845. The molecule has 0 spiro atoms. The fraction of sp³-hybridized carbons (Fsp3) is 0.143. The molecule has 0 aliphatic carbocycles. The summed E-state index contributed by atoms with van der Waals surface area (Å²) in [6.45, 7) is 0.360. The third kappa shape index (κ3) is 2.82. The number of para-hydroxylation sites is 2. The molecule has 0 radical (unpaired) electrons. The third-order valence-corrected chi connectivity index (χ3v) is 1.28. The van der Waals surface area contributed by atoms with Crippen LogP contribution >= 0.6 is 0 Å². The molecule has 1 aromatic rings. The Hall–Kier alpha value is 0.0234. The molecule has 0 saturated carbocycles. The first-order chi connectivity index (χ1) is 4.47. The van der Waals surface area contributed by atoms with E-state index in [1.807, 2.05) is 24.3 Å². The van der Waals surface area contributed by atoms with Crippen molar-refractivity contribution in [2.24, 2.45) is 0 Å². The number of benzene rings is 1. The Kier molecular flexibility index (Phi) is 7.91. The first-order valence-corrected chi connectivity index (χ1v) is 2.81. The van der Waals surface area contributed by atoms with Crippen LogP contribution in [0.5, 0.6) is 11.5 Å². The predicted octanol–water partition coefficient (Wildman–Crippen LogP) is -4.58. The molecule has 0 atom stereocenters. The van der Waals surface area contributed by atoms with Crippen molar-refractivity contribution in [2.75, 3.05) is 6.79 Å². The first-order valence-electron chi connectivity index (χ1n) is 2.81. The van der Waals surface area contributed by atoms with E-state index in [9.17, 15) is 0 Å². The van der Waals surface area contributed by atoms with Crippen molar-refractivity contribution in [1.29, 1.82) is 0 Å². The number of fused-ring (bicyclic) bond motifs is 1. The second kappa shape index (κ2) is 6.53. The second-order valence-corrected chi connectivity index (χ2v) is 1.85. The molecule has 5 heteroatoms. The molecule has 1 aromatic carbocycles. The molecule has 1 heterocycles. The smallest absolute Gasteiger partial charge is 1.00 e. The Morgan fingerprint density at radius 3 is 1.75 bits per heavy atom. The van der Waals surface area contributed by atoms with Crippen LogP contribution in [0, 0.1) is 0 Å². The van der Waals surface area contributed by atoms with E-state index in [-0.39, 0.29) is 44.3 Å². The topological polar surface area (TPSA) is 18.5 Å². The molecular formula is C7H6Cl2O2Zn. The standard InChI is InChI=1S/C7H6O2.2ClH.Zn/c1-2-4-7-6(3-1)8-5-9-7;;;/h1-4H,5H2;2*1H;/q;;;+2/p-2. The van der Waals surface area contributed by atoms with Crippen LogP contribution in [0.2, 0.25) is 0 Å². The second-order valence-electron chi connectivity index (χ2n) is 1.85. The molecule has 0 saturated heterocycles. The zero-order valence-electron chi connectivity index (χ0n) is 6.30. The normalized spacial score (nSPS) is 10.3. The minimum absolute atomic E-state index is 0. The van der Waals surface area contributed by atoms with Gasteiger partial charge in [-0.05, 0) is 12.1 Å². The van der Waals surface area contributed by atoms with Crippen molar-refractivity contribution in [3.8, 4) is 11.5 Å². The van der Waals surface area contributed by atoms with Crippen LogP contribution in [0.3, 0.4) is 0 Å². The van der Waals surface area contributed by atoms with Crippen molar-refractivity contribution >= 4 is 0 Å². The predicted molar refractivity (Wildman–Crippen MR) is 32.6 cm³/mol. The van der Waals surface area contributed by atoms with Gasteiger partial charge in [0.1, 0.15) is 0 Å². The molecule has 2 rings (SSSR count). The van der Waals surface area contributed by atoms with Gasteiger partial charge in [-0.25, -0.2) is 0 Å². The minimum atomic E-state index is 0. The van der Waals surface area contributed by atoms with Crippen molar-refractivity contribution in [2.45, 2.75) is 0 Å². The van der Waals surface area contributed by atoms with Crippen LogP contribution in [0.25, 0.3) is 0 Å². The van der Waals surface area contributed by atoms with Crippen LogP contribution < -0.4 is 34.3 Å². The molecule has 0 fully saturated rings. The zero-order chi connectivity index (χ0) is 6.10. The number of hydrogen-bond donors (Lipinski definition) is 0. The maximum absolute atomic E-state index is 5.08. The van der Waals surface area contributed by atoms with Crippen LogP contribution in [-0.2, 0) is 19.5 Å². The average Bonchev–Trinajstić information content (AvgIpc) is 2.33. The molecule has 0 aromatic heterocycles. The summed E-state index contributed by atoms with van der Waals surface area (Å²) in [6.07, 6.45) is 0. The Bertz CT molecular complexity index is 209. The molecule has 0 bridgehead atoms. The summed E-state index contributed by atoms with van der Waals surface area (Å²) < 4.78 is 10.2. The van der Waals surface area contributed by atoms with E-state index in [1.54, 1.807) is 0 Å². The number of hydrogen-bond acceptors (Lipinski definition) is 2. The quantitative estimate of drug-likeness (QED) is 0.436. The third-order valence-electron chi connectivity index (χ3n) is 1.28. The van der Waals surface area contributed by atoms with Gasteiger partial charge in [0.2, 0.25) is 6.79 Å². The van der Waals surface area contributed by atoms with Gasteiger partial charge in [-0.3, -0.25) is 0 Å². The molecule has 0 unspecified atom stereocenters. The van der Waals surface area contributed by atoms with Gasteiger partial charge in [0, 0.05) is 0 Å². The molecule has 0 N–H and O–H groups in total. The molecule has 0 amide bonds. The van der Waals surface area contributed by atoms with E-state index in [2.05, 4.69) is 0 Å². The van der Waals surface area contributed by atoms with E-state index in [0.717, 1.165) is 11.5 Å². The maximum atomic E-state index is 5.08. The monoisotopic (exact) mass is 256 g/mol. The van der Waals surface area contributed by atoms with Gasteiger partial charge in [-0.15, -0.1) is 0 Å². The number of ether oxygens (including phenoxy) is 2. The Morgan fingerprint density at radius 2 is 1.33 bits per heavy atom. The van der Waals surface area contributed by atoms with E-state index in [1.165, 1.54) is 0 Å². The largest absolute Gasteiger partial charge is 2.00 e. The van der Waals surface area contributed by atoms with Gasteiger partial charge in [-0.1, -0.05) is 12.1 Å². The van der Waals surface area contributed by atoms with Crippen LogP contribution in [-0.4, -0.2) is 6.79 Å². The van der Waals surface area contributed by atoms with Crippen molar-refractivity contribution < 1.29 is 53.8 Å². The van der Waals surface area contributed by atoms with Crippen molar-refractivity contribution in [1.82, 2.24) is 0 Å². The summed E-state index contributed by atoms with van der Waals surface area (Å²) in [5, 5.41) is 0. The van der Waals surface area contributed by atoms with Gasteiger partial charge in [-0.2, -0.15) is 0 Å². The number of rotatable bonds is 0. The SMILES string of the molecule is [Cl-].[Cl-].[Zn+2].c1ccc2c(c1)OCO2. The summed E-state index contributed by atoms with van der Waals surface area (Å²) >= 11 is 0. The summed E-state index contributed by atoms with van der Waals surface area (Å²) in [5.74, 6) is 1.69. The van der Waals surface area contributed by atoms with E-state index in [4.69, 9.17) is 9.47 Å². The molecular weight excluding hydrogens is 252 g/mol.